The van der Waals surface area contributed by atoms with E-state index in [4.69, 9.17) is 26.1 Å². The number of anilines is 1. The maximum Gasteiger partial charge on any atom is 0.262 e. The van der Waals surface area contributed by atoms with Gasteiger partial charge in [0.2, 0.25) is 5.88 Å². The van der Waals surface area contributed by atoms with Crippen molar-refractivity contribution in [3.63, 3.8) is 0 Å². The molecule has 0 bridgehead atoms. The van der Waals surface area contributed by atoms with Crippen LogP contribution in [0.4, 0.5) is 10.1 Å². The summed E-state index contributed by atoms with van der Waals surface area (Å²) in [4.78, 5) is 21.5. The first-order valence-electron chi connectivity index (χ1n) is 12.9. The molecule has 1 fully saturated rings. The first kappa shape index (κ1) is 27.6. The van der Waals surface area contributed by atoms with Crippen molar-refractivity contribution in [2.45, 2.75) is 16.9 Å². The number of aliphatic hydroxyl groups excluding tert-OH is 1. The third-order valence-corrected chi connectivity index (χ3v) is 9.27. The van der Waals surface area contributed by atoms with E-state index >= 15 is 0 Å². The number of aliphatic hydroxyl groups is 1. The van der Waals surface area contributed by atoms with Crippen molar-refractivity contribution in [3.8, 4) is 11.6 Å². The fourth-order valence-corrected chi connectivity index (χ4v) is 6.74. The molecule has 6 rings (SSSR count). The van der Waals surface area contributed by atoms with E-state index in [0.717, 1.165) is 23.0 Å². The van der Waals surface area contributed by atoms with Crippen LogP contribution in [0.5, 0.6) is 11.6 Å². The molecule has 2 aromatic carbocycles. The maximum atomic E-state index is 13.6. The molecule has 0 saturated carbocycles. The summed E-state index contributed by atoms with van der Waals surface area (Å²) in [5.41, 5.74) is 0.866. The van der Waals surface area contributed by atoms with Crippen LogP contribution < -0.4 is 15.0 Å². The molecule has 2 aliphatic heterocycles. The van der Waals surface area contributed by atoms with Gasteiger partial charge in [-0.25, -0.2) is 9.37 Å². The summed E-state index contributed by atoms with van der Waals surface area (Å²) in [6, 6.07) is 18.5. The minimum absolute atomic E-state index is 0.0649. The van der Waals surface area contributed by atoms with E-state index in [9.17, 15) is 14.3 Å². The van der Waals surface area contributed by atoms with Crippen molar-refractivity contribution in [3.05, 3.63) is 110 Å². The predicted molar refractivity (Wildman–Crippen MR) is 159 cm³/mol. The summed E-state index contributed by atoms with van der Waals surface area (Å²) in [5.74, 6) is -0.153. The van der Waals surface area contributed by atoms with Gasteiger partial charge in [-0.3, -0.25) is 4.79 Å². The van der Waals surface area contributed by atoms with Crippen molar-refractivity contribution in [1.29, 1.82) is 0 Å². The monoisotopic (exact) mass is 609 g/mol. The summed E-state index contributed by atoms with van der Waals surface area (Å²) >= 11 is 8.93. The van der Waals surface area contributed by atoms with E-state index < -0.39 is 11.4 Å². The first-order valence-corrected chi connectivity index (χ1v) is 15.0. The lowest BCUT2D eigenvalue weighted by molar-refractivity contribution is -0.119. The average molecular weight is 610 g/mol. The fraction of sp³-hybridized carbons (Fsp3) is 0.200. The number of benzene rings is 2. The van der Waals surface area contributed by atoms with E-state index in [1.807, 2.05) is 35.0 Å². The molecule has 11 heteroatoms. The van der Waals surface area contributed by atoms with Gasteiger partial charge in [0.05, 0.1) is 23.9 Å². The number of nitrogens with one attached hydrogen (secondary N) is 1. The van der Waals surface area contributed by atoms with E-state index in [-0.39, 0.29) is 22.9 Å². The zero-order valence-electron chi connectivity index (χ0n) is 21.7. The molecule has 4 aromatic rings. The standard InChI is InChI=1S/C30H25ClFN3O4S2/c31-22-3-1-2-4-25(22)41-27-24(36)17-30(34-28(27)37,19-11-16-40-18-19)26-10-9-23(35-12-14-38-15-13-35)29(33-26)39-21-7-5-20(32)6-8-21/h1-11,16,18,36H,12-15,17H2,(H,34,37). The molecule has 2 aromatic heterocycles. The van der Waals surface area contributed by atoms with Crippen molar-refractivity contribution in [2.24, 2.45) is 0 Å². The number of pyridine rings is 1. The Morgan fingerprint density at radius 3 is 2.59 bits per heavy atom. The van der Waals surface area contributed by atoms with Crippen LogP contribution in [0.15, 0.2) is 93.0 Å². The number of amides is 1. The second-order valence-electron chi connectivity index (χ2n) is 9.53. The van der Waals surface area contributed by atoms with Gasteiger partial charge in [-0.05, 0) is 70.9 Å². The Balaban J connectivity index is 1.43. The Hall–Kier alpha value is -3.57. The molecule has 1 saturated heterocycles. The Labute approximate surface area is 249 Å². The van der Waals surface area contributed by atoms with Gasteiger partial charge < -0.3 is 24.8 Å². The molecule has 1 atom stereocenters. The molecular formula is C30H25ClFN3O4S2. The van der Waals surface area contributed by atoms with Gasteiger partial charge in [0, 0.05) is 24.4 Å². The van der Waals surface area contributed by atoms with Crippen LogP contribution in [0.25, 0.3) is 0 Å². The summed E-state index contributed by atoms with van der Waals surface area (Å²) in [6.45, 7) is 2.44. The van der Waals surface area contributed by atoms with Crippen molar-refractivity contribution in [2.75, 3.05) is 31.2 Å². The van der Waals surface area contributed by atoms with Gasteiger partial charge in [-0.1, -0.05) is 35.5 Å². The fourth-order valence-electron chi connectivity index (χ4n) is 4.89. The highest BCUT2D eigenvalue weighted by Crippen LogP contribution is 2.45. The minimum Gasteiger partial charge on any atom is -0.511 e. The highest BCUT2D eigenvalue weighted by molar-refractivity contribution is 8.04. The number of halogens is 2. The molecule has 0 spiro atoms. The average Bonchev–Trinajstić information content (AvgIpc) is 3.53. The molecule has 1 unspecified atom stereocenters. The van der Waals surface area contributed by atoms with Crippen LogP contribution >= 0.6 is 34.7 Å². The topological polar surface area (TPSA) is 83.9 Å². The van der Waals surface area contributed by atoms with Crippen molar-refractivity contribution in [1.82, 2.24) is 10.3 Å². The van der Waals surface area contributed by atoms with Gasteiger partial charge in [0.1, 0.15) is 33.5 Å². The smallest absolute Gasteiger partial charge is 0.262 e. The zero-order valence-corrected chi connectivity index (χ0v) is 24.1. The summed E-state index contributed by atoms with van der Waals surface area (Å²) in [7, 11) is 0. The van der Waals surface area contributed by atoms with Gasteiger partial charge in [-0.2, -0.15) is 11.3 Å². The highest BCUT2D eigenvalue weighted by atomic mass is 35.5. The van der Waals surface area contributed by atoms with Crippen molar-refractivity contribution < 1.29 is 23.8 Å². The number of rotatable bonds is 7. The molecule has 0 aliphatic carbocycles. The maximum absolute atomic E-state index is 13.6. The largest absolute Gasteiger partial charge is 0.511 e. The van der Waals surface area contributed by atoms with Gasteiger partial charge in [0.15, 0.2) is 0 Å². The number of thiophene rings is 1. The lowest BCUT2D eigenvalue weighted by Crippen LogP contribution is -2.51. The van der Waals surface area contributed by atoms with Gasteiger partial charge in [-0.15, -0.1) is 0 Å². The van der Waals surface area contributed by atoms with Crippen LogP contribution in [-0.2, 0) is 15.1 Å². The summed E-state index contributed by atoms with van der Waals surface area (Å²) in [6.07, 6.45) is 0.0716. The first-order chi connectivity index (χ1) is 19.9. The number of hydrogen-bond donors (Lipinski definition) is 2. The van der Waals surface area contributed by atoms with E-state index in [2.05, 4.69) is 10.2 Å². The lowest BCUT2D eigenvalue weighted by atomic mass is 9.81. The van der Waals surface area contributed by atoms with E-state index in [1.165, 1.54) is 35.6 Å². The van der Waals surface area contributed by atoms with Crippen LogP contribution in [0.2, 0.25) is 5.02 Å². The van der Waals surface area contributed by atoms with Crippen LogP contribution in [0.3, 0.4) is 0 Å². The van der Waals surface area contributed by atoms with Gasteiger partial charge in [0.25, 0.3) is 5.91 Å². The molecule has 1 amide bonds. The molecule has 0 radical (unpaired) electrons. The number of ether oxygens (including phenoxy) is 2. The number of aromatic nitrogens is 1. The molecule has 4 heterocycles. The third kappa shape index (κ3) is 5.65. The second-order valence-corrected chi connectivity index (χ2v) is 11.8. The van der Waals surface area contributed by atoms with E-state index in [0.29, 0.717) is 53.5 Å². The summed E-state index contributed by atoms with van der Waals surface area (Å²) < 4.78 is 25.3. The summed E-state index contributed by atoms with van der Waals surface area (Å²) in [5, 5.41) is 18.8. The predicted octanol–water partition coefficient (Wildman–Crippen LogP) is 6.89. The Bertz CT molecular complexity index is 1590. The Morgan fingerprint density at radius 1 is 1.10 bits per heavy atom. The number of carbonyl (C=O) groups excluding carboxylic acids is 1. The molecule has 2 N–H and O–H groups in total. The van der Waals surface area contributed by atoms with Crippen LogP contribution in [-0.4, -0.2) is 42.3 Å². The normalized spacial score (nSPS) is 19.3. The van der Waals surface area contributed by atoms with E-state index in [1.54, 1.807) is 18.2 Å². The Morgan fingerprint density at radius 2 is 1.88 bits per heavy atom. The number of carbonyl (C=O) groups is 1. The highest BCUT2D eigenvalue weighted by Gasteiger charge is 2.45. The number of nitrogens with zero attached hydrogens (tertiary/aromatic N) is 2. The SMILES string of the molecule is O=C1NC(c2ccsc2)(c2ccc(N3CCOCC3)c(Oc3ccc(F)cc3)n2)CC(O)=C1Sc1ccccc1Cl. The third-order valence-electron chi connectivity index (χ3n) is 6.95. The lowest BCUT2D eigenvalue weighted by Gasteiger charge is -2.38. The Kier molecular flexibility index (Phi) is 7.90. The van der Waals surface area contributed by atoms with Crippen LogP contribution in [0, 0.1) is 5.82 Å². The van der Waals surface area contributed by atoms with Crippen LogP contribution in [0.1, 0.15) is 17.7 Å². The molecule has 41 heavy (non-hydrogen) atoms. The molecule has 210 valence electrons. The molecule has 7 nitrogen and oxygen atoms in total. The minimum atomic E-state index is -1.16. The molecule has 2 aliphatic rings. The molecular weight excluding hydrogens is 585 g/mol. The zero-order chi connectivity index (χ0) is 28.4. The number of hydrogen-bond acceptors (Lipinski definition) is 8. The van der Waals surface area contributed by atoms with Gasteiger partial charge >= 0.3 is 0 Å². The second kappa shape index (κ2) is 11.7. The quantitative estimate of drug-likeness (QED) is 0.236. The number of morpholine rings is 1. The number of thioether (sulfide) groups is 1. The van der Waals surface area contributed by atoms with Crippen molar-refractivity contribution >= 4 is 46.3 Å².